The summed E-state index contributed by atoms with van der Waals surface area (Å²) in [7, 11) is 1.58. The highest BCUT2D eigenvalue weighted by Gasteiger charge is 2.41. The summed E-state index contributed by atoms with van der Waals surface area (Å²) in [6.07, 6.45) is 0.488. The van der Waals surface area contributed by atoms with Gasteiger partial charge < -0.3 is 19.4 Å². The van der Waals surface area contributed by atoms with Crippen molar-refractivity contribution in [1.82, 2.24) is 4.90 Å². The molecule has 158 valence electrons. The van der Waals surface area contributed by atoms with E-state index in [2.05, 4.69) is 0 Å². The Labute approximate surface area is 175 Å². The molecule has 0 N–H and O–H groups in total. The van der Waals surface area contributed by atoms with Gasteiger partial charge in [-0.25, -0.2) is 4.39 Å². The number of hydrogen-bond acceptors (Lipinski definition) is 4. The van der Waals surface area contributed by atoms with Gasteiger partial charge in [-0.05, 0) is 43.2 Å². The van der Waals surface area contributed by atoms with E-state index < -0.39 is 5.92 Å². The lowest BCUT2D eigenvalue weighted by molar-refractivity contribution is -0.140. The van der Waals surface area contributed by atoms with Crippen molar-refractivity contribution in [3.05, 3.63) is 53.8 Å². The second-order valence-electron chi connectivity index (χ2n) is 7.77. The van der Waals surface area contributed by atoms with E-state index >= 15 is 0 Å². The molecule has 0 bridgehead atoms. The maximum atomic E-state index is 14.0. The topological polar surface area (TPSA) is 53.1 Å². The summed E-state index contributed by atoms with van der Waals surface area (Å²) in [6.45, 7) is 4.49. The van der Waals surface area contributed by atoms with E-state index in [1.54, 1.807) is 35.1 Å². The third kappa shape index (κ3) is 3.72. The van der Waals surface area contributed by atoms with Crippen LogP contribution in [0.3, 0.4) is 0 Å². The summed E-state index contributed by atoms with van der Waals surface area (Å²) < 4.78 is 19.4. The van der Waals surface area contributed by atoms with Crippen molar-refractivity contribution in [2.75, 3.05) is 49.6 Å². The van der Waals surface area contributed by atoms with Crippen LogP contribution < -0.4 is 14.5 Å². The van der Waals surface area contributed by atoms with Crippen LogP contribution in [-0.4, -0.2) is 56.5 Å². The highest BCUT2D eigenvalue weighted by Crippen LogP contribution is 2.34. The Hall–Kier alpha value is -3.09. The van der Waals surface area contributed by atoms with Gasteiger partial charge in [-0.1, -0.05) is 18.2 Å². The Bertz CT molecular complexity index is 956. The van der Waals surface area contributed by atoms with Crippen LogP contribution in [0.25, 0.3) is 0 Å². The summed E-state index contributed by atoms with van der Waals surface area (Å²) in [5, 5.41) is 0. The number of amides is 2. The number of carbonyl (C=O) groups is 2. The van der Waals surface area contributed by atoms with Crippen molar-refractivity contribution < 1.29 is 18.7 Å². The minimum Gasteiger partial charge on any atom is -0.495 e. The Kier molecular flexibility index (Phi) is 5.61. The van der Waals surface area contributed by atoms with Gasteiger partial charge >= 0.3 is 0 Å². The van der Waals surface area contributed by atoms with Crippen LogP contribution in [0.15, 0.2) is 42.5 Å². The zero-order valence-corrected chi connectivity index (χ0v) is 17.3. The number of carbonyl (C=O) groups excluding carboxylic acids is 2. The van der Waals surface area contributed by atoms with Crippen LogP contribution in [0.4, 0.5) is 15.8 Å². The molecule has 2 aliphatic rings. The van der Waals surface area contributed by atoms with Crippen LogP contribution in [-0.2, 0) is 9.59 Å². The lowest BCUT2D eigenvalue weighted by atomic mass is 10.1. The SMILES string of the molecule is COc1ccc(C)cc1N1CC[C@H](C(=O)N2CCN(c3ccccc3F)CC2)C1=O. The lowest BCUT2D eigenvalue weighted by Crippen LogP contribution is -2.51. The van der Waals surface area contributed by atoms with Gasteiger partial charge in [0.05, 0.1) is 18.5 Å². The molecule has 2 fully saturated rings. The molecule has 0 radical (unpaired) electrons. The van der Waals surface area contributed by atoms with Crippen LogP contribution in [0.2, 0.25) is 0 Å². The van der Waals surface area contributed by atoms with Crippen molar-refractivity contribution in [1.29, 1.82) is 0 Å². The number of aryl methyl sites for hydroxylation is 1. The highest BCUT2D eigenvalue weighted by atomic mass is 19.1. The maximum Gasteiger partial charge on any atom is 0.239 e. The monoisotopic (exact) mass is 411 g/mol. The summed E-state index contributed by atoms with van der Waals surface area (Å²) in [6, 6.07) is 12.4. The zero-order valence-electron chi connectivity index (χ0n) is 17.3. The Morgan fingerprint density at radius 1 is 1.03 bits per heavy atom. The third-order valence-corrected chi connectivity index (χ3v) is 5.91. The molecule has 30 heavy (non-hydrogen) atoms. The Morgan fingerprint density at radius 3 is 2.47 bits per heavy atom. The predicted molar refractivity (Wildman–Crippen MR) is 113 cm³/mol. The summed E-state index contributed by atoms with van der Waals surface area (Å²) >= 11 is 0. The van der Waals surface area contributed by atoms with Gasteiger partial charge in [0.25, 0.3) is 0 Å². The minimum absolute atomic E-state index is 0.137. The van der Waals surface area contributed by atoms with Gasteiger partial charge in [0.1, 0.15) is 17.5 Å². The molecule has 0 saturated carbocycles. The van der Waals surface area contributed by atoms with Crippen molar-refractivity contribution in [2.24, 2.45) is 5.92 Å². The number of halogens is 1. The smallest absolute Gasteiger partial charge is 0.239 e. The highest BCUT2D eigenvalue weighted by molar-refractivity contribution is 6.10. The molecule has 2 heterocycles. The molecular weight excluding hydrogens is 385 g/mol. The van der Waals surface area contributed by atoms with Gasteiger partial charge in [-0.2, -0.15) is 0 Å². The van der Waals surface area contributed by atoms with Crippen LogP contribution in [0.5, 0.6) is 5.75 Å². The average Bonchev–Trinajstić information content (AvgIpc) is 3.15. The van der Waals surface area contributed by atoms with E-state index in [1.165, 1.54) is 6.07 Å². The lowest BCUT2D eigenvalue weighted by Gasteiger charge is -2.37. The largest absolute Gasteiger partial charge is 0.495 e. The predicted octanol–water partition coefficient (Wildman–Crippen LogP) is 2.84. The first-order chi connectivity index (χ1) is 14.5. The van der Waals surface area contributed by atoms with E-state index in [1.807, 2.05) is 30.0 Å². The minimum atomic E-state index is -0.671. The van der Waals surface area contributed by atoms with E-state index in [4.69, 9.17) is 4.74 Å². The number of anilines is 2. The molecule has 2 aliphatic heterocycles. The van der Waals surface area contributed by atoms with Gasteiger partial charge in [0.15, 0.2) is 0 Å². The number of para-hydroxylation sites is 1. The van der Waals surface area contributed by atoms with Gasteiger partial charge in [0.2, 0.25) is 11.8 Å². The second-order valence-corrected chi connectivity index (χ2v) is 7.77. The molecular formula is C23H26FN3O3. The number of piperazine rings is 1. The van der Waals surface area contributed by atoms with Crippen LogP contribution in [0, 0.1) is 18.7 Å². The van der Waals surface area contributed by atoms with E-state index in [9.17, 15) is 14.0 Å². The first kappa shape index (κ1) is 20.2. The van der Waals surface area contributed by atoms with Gasteiger partial charge in [-0.15, -0.1) is 0 Å². The molecule has 6 nitrogen and oxygen atoms in total. The van der Waals surface area contributed by atoms with Gasteiger partial charge in [0, 0.05) is 32.7 Å². The third-order valence-electron chi connectivity index (χ3n) is 5.91. The molecule has 7 heteroatoms. The molecule has 0 aliphatic carbocycles. The molecule has 2 aromatic rings. The van der Waals surface area contributed by atoms with Crippen molar-refractivity contribution in [3.8, 4) is 5.75 Å². The number of nitrogens with zero attached hydrogens (tertiary/aromatic N) is 3. The standard InChI is InChI=1S/C23H26FN3O3/c1-16-7-8-21(30-2)20(15-16)27-10-9-17(23(27)29)22(28)26-13-11-25(12-14-26)19-6-4-3-5-18(19)24/h3-8,15,17H,9-14H2,1-2H3/t17-/m1/s1. The molecule has 2 aromatic carbocycles. The quantitative estimate of drug-likeness (QED) is 0.726. The number of benzene rings is 2. The van der Waals surface area contributed by atoms with E-state index in [0.717, 1.165) is 5.56 Å². The molecule has 1 atom stereocenters. The Morgan fingerprint density at radius 2 is 1.77 bits per heavy atom. The summed E-state index contributed by atoms with van der Waals surface area (Å²) in [5.74, 6) is -0.621. The zero-order chi connectivity index (χ0) is 21.3. The number of methoxy groups -OCH3 is 1. The summed E-state index contributed by atoms with van der Waals surface area (Å²) in [5.41, 5.74) is 2.29. The van der Waals surface area contributed by atoms with E-state index in [-0.39, 0.29) is 17.6 Å². The maximum absolute atomic E-state index is 14.0. The molecule has 0 unspecified atom stereocenters. The Balaban J connectivity index is 1.42. The molecule has 2 saturated heterocycles. The molecule has 2 amide bonds. The molecule has 4 rings (SSSR count). The fourth-order valence-electron chi connectivity index (χ4n) is 4.26. The normalized spacial score (nSPS) is 19.4. The van der Waals surface area contributed by atoms with Crippen LogP contribution >= 0.6 is 0 Å². The number of hydrogen-bond donors (Lipinski definition) is 0. The molecule has 0 spiro atoms. The summed E-state index contributed by atoms with van der Waals surface area (Å²) in [4.78, 5) is 31.5. The number of ether oxygens (including phenoxy) is 1. The van der Waals surface area contributed by atoms with Crippen molar-refractivity contribution in [3.63, 3.8) is 0 Å². The number of rotatable bonds is 4. The van der Waals surface area contributed by atoms with Gasteiger partial charge in [-0.3, -0.25) is 9.59 Å². The first-order valence-corrected chi connectivity index (χ1v) is 10.2. The van der Waals surface area contributed by atoms with Crippen molar-refractivity contribution >= 4 is 23.2 Å². The second kappa shape index (κ2) is 8.34. The average molecular weight is 411 g/mol. The first-order valence-electron chi connectivity index (χ1n) is 10.2. The fraction of sp³-hybridized carbons (Fsp3) is 0.391. The van der Waals surface area contributed by atoms with Crippen molar-refractivity contribution in [2.45, 2.75) is 13.3 Å². The van der Waals surface area contributed by atoms with Crippen LogP contribution in [0.1, 0.15) is 12.0 Å². The van der Waals surface area contributed by atoms with E-state index in [0.29, 0.717) is 56.3 Å². The molecule has 0 aromatic heterocycles. The fourth-order valence-corrected chi connectivity index (χ4v) is 4.26.